The molecule has 2 fully saturated rings. The van der Waals surface area contributed by atoms with Crippen LogP contribution >= 0.6 is 11.8 Å². The first-order valence-corrected chi connectivity index (χ1v) is 9.41. The summed E-state index contributed by atoms with van der Waals surface area (Å²) in [6.07, 6.45) is 4.17. The van der Waals surface area contributed by atoms with E-state index in [1.807, 2.05) is 0 Å². The van der Waals surface area contributed by atoms with Crippen LogP contribution in [0.3, 0.4) is 0 Å². The predicted octanol–water partition coefficient (Wildman–Crippen LogP) is 0.0746. The molecule has 2 heterocycles. The number of hydrogen-bond acceptors (Lipinski definition) is 5. The summed E-state index contributed by atoms with van der Waals surface area (Å²) in [5.41, 5.74) is 0. The number of rotatable bonds is 2. The highest BCUT2D eigenvalue weighted by molar-refractivity contribution is 8.00. The molecule has 0 aromatic carbocycles. The van der Waals surface area contributed by atoms with Gasteiger partial charge in [-0.1, -0.05) is 6.42 Å². The van der Waals surface area contributed by atoms with E-state index in [9.17, 15) is 13.2 Å². The number of piperidine rings is 1. The van der Waals surface area contributed by atoms with Crippen LogP contribution in [0.5, 0.6) is 0 Å². The summed E-state index contributed by atoms with van der Waals surface area (Å²) in [6, 6.07) is -0.189. The largest absolute Gasteiger partial charge is 0.323 e. The SMILES string of the molecule is CS(=O)(=O)C1CSCCN1C(=O)[C@H]1CCCCN1. The second-order valence-corrected chi connectivity index (χ2v) is 8.25. The molecule has 0 bridgehead atoms. The van der Waals surface area contributed by atoms with Crippen LogP contribution in [0, 0.1) is 0 Å². The van der Waals surface area contributed by atoms with Crippen LogP contribution < -0.4 is 5.32 Å². The van der Waals surface area contributed by atoms with Crippen LogP contribution in [0.15, 0.2) is 0 Å². The molecule has 1 amide bonds. The van der Waals surface area contributed by atoms with E-state index >= 15 is 0 Å². The Morgan fingerprint density at radius 2 is 2.17 bits per heavy atom. The molecule has 2 atom stereocenters. The Morgan fingerprint density at radius 3 is 2.78 bits per heavy atom. The number of carbonyl (C=O) groups is 1. The topological polar surface area (TPSA) is 66.5 Å². The number of hydrogen-bond donors (Lipinski definition) is 1. The standard InChI is InChI=1S/C11H20N2O3S2/c1-18(15,16)10-8-17-7-6-13(10)11(14)9-4-2-3-5-12-9/h9-10,12H,2-8H2,1H3/t9-,10?/m1/s1. The van der Waals surface area contributed by atoms with Crippen molar-refractivity contribution in [2.45, 2.75) is 30.7 Å². The van der Waals surface area contributed by atoms with Crippen LogP contribution in [0.1, 0.15) is 19.3 Å². The lowest BCUT2D eigenvalue weighted by Crippen LogP contribution is -2.56. The molecule has 0 saturated carbocycles. The molecule has 2 aliphatic rings. The van der Waals surface area contributed by atoms with Gasteiger partial charge in [-0.05, 0) is 19.4 Å². The molecule has 0 aromatic rings. The van der Waals surface area contributed by atoms with Gasteiger partial charge < -0.3 is 10.2 Å². The minimum Gasteiger partial charge on any atom is -0.323 e. The van der Waals surface area contributed by atoms with E-state index in [4.69, 9.17) is 0 Å². The summed E-state index contributed by atoms with van der Waals surface area (Å²) in [6.45, 7) is 1.39. The number of nitrogens with one attached hydrogen (secondary N) is 1. The van der Waals surface area contributed by atoms with Crippen molar-refractivity contribution in [1.82, 2.24) is 10.2 Å². The molecule has 104 valence electrons. The molecule has 1 unspecified atom stereocenters. The van der Waals surface area contributed by atoms with Gasteiger partial charge in [-0.3, -0.25) is 4.79 Å². The zero-order valence-electron chi connectivity index (χ0n) is 10.6. The first-order chi connectivity index (χ1) is 8.50. The Bertz CT molecular complexity index is 405. The first kappa shape index (κ1) is 14.1. The van der Waals surface area contributed by atoms with E-state index in [1.54, 1.807) is 16.7 Å². The van der Waals surface area contributed by atoms with Gasteiger partial charge in [0, 0.05) is 24.3 Å². The van der Waals surface area contributed by atoms with Crippen molar-refractivity contribution >= 4 is 27.5 Å². The molecular formula is C11H20N2O3S2. The van der Waals surface area contributed by atoms with E-state index in [0.29, 0.717) is 12.3 Å². The van der Waals surface area contributed by atoms with Crippen LogP contribution in [0.2, 0.25) is 0 Å². The van der Waals surface area contributed by atoms with Crippen molar-refractivity contribution in [3.63, 3.8) is 0 Å². The third-order valence-corrected chi connectivity index (χ3v) is 6.11. The highest BCUT2D eigenvalue weighted by Gasteiger charge is 2.37. The molecular weight excluding hydrogens is 272 g/mol. The van der Waals surface area contributed by atoms with E-state index in [2.05, 4.69) is 5.32 Å². The molecule has 2 saturated heterocycles. The number of sulfone groups is 1. The van der Waals surface area contributed by atoms with E-state index in [0.717, 1.165) is 31.6 Å². The van der Waals surface area contributed by atoms with Crippen molar-refractivity contribution in [1.29, 1.82) is 0 Å². The Hall–Kier alpha value is -0.270. The Morgan fingerprint density at radius 1 is 1.39 bits per heavy atom. The summed E-state index contributed by atoms with van der Waals surface area (Å²) >= 11 is 1.60. The molecule has 2 aliphatic heterocycles. The lowest BCUT2D eigenvalue weighted by atomic mass is 10.0. The third kappa shape index (κ3) is 3.19. The maximum atomic E-state index is 12.4. The van der Waals surface area contributed by atoms with E-state index in [1.165, 1.54) is 6.26 Å². The summed E-state index contributed by atoms with van der Waals surface area (Å²) in [7, 11) is -3.20. The number of thioether (sulfide) groups is 1. The van der Waals surface area contributed by atoms with Crippen molar-refractivity contribution in [2.24, 2.45) is 0 Å². The third-order valence-electron chi connectivity index (χ3n) is 3.47. The van der Waals surface area contributed by atoms with Crippen LogP contribution in [-0.4, -0.2) is 61.5 Å². The van der Waals surface area contributed by atoms with Gasteiger partial charge in [0.05, 0.1) is 6.04 Å². The molecule has 0 aromatic heterocycles. The number of nitrogens with zero attached hydrogens (tertiary/aromatic N) is 1. The minimum atomic E-state index is -3.20. The van der Waals surface area contributed by atoms with Crippen molar-refractivity contribution in [2.75, 3.05) is 30.9 Å². The van der Waals surface area contributed by atoms with Gasteiger partial charge >= 0.3 is 0 Å². The van der Waals surface area contributed by atoms with Gasteiger partial charge in [-0.15, -0.1) is 0 Å². The molecule has 2 rings (SSSR count). The molecule has 0 radical (unpaired) electrons. The second-order valence-electron chi connectivity index (χ2n) is 4.89. The van der Waals surface area contributed by atoms with Gasteiger partial charge in [0.15, 0.2) is 9.84 Å². The number of amides is 1. The smallest absolute Gasteiger partial charge is 0.240 e. The maximum absolute atomic E-state index is 12.4. The van der Waals surface area contributed by atoms with Crippen molar-refractivity contribution < 1.29 is 13.2 Å². The van der Waals surface area contributed by atoms with E-state index < -0.39 is 15.2 Å². The molecule has 1 N–H and O–H groups in total. The molecule has 7 heteroatoms. The lowest BCUT2D eigenvalue weighted by Gasteiger charge is -2.37. The molecule has 18 heavy (non-hydrogen) atoms. The lowest BCUT2D eigenvalue weighted by molar-refractivity contribution is -0.134. The van der Waals surface area contributed by atoms with Crippen molar-refractivity contribution in [3.8, 4) is 0 Å². The molecule has 0 spiro atoms. The van der Waals surface area contributed by atoms with Gasteiger partial charge in [0.25, 0.3) is 0 Å². The Balaban J connectivity index is 2.10. The zero-order valence-corrected chi connectivity index (χ0v) is 12.2. The monoisotopic (exact) mass is 292 g/mol. The fraction of sp³-hybridized carbons (Fsp3) is 0.909. The molecule has 5 nitrogen and oxygen atoms in total. The summed E-state index contributed by atoms with van der Waals surface area (Å²) in [4.78, 5) is 14.0. The minimum absolute atomic E-state index is 0.0366. The second kappa shape index (κ2) is 5.79. The Kier molecular flexibility index (Phi) is 4.55. The highest BCUT2D eigenvalue weighted by atomic mass is 32.2. The highest BCUT2D eigenvalue weighted by Crippen LogP contribution is 2.22. The number of carbonyl (C=O) groups excluding carboxylic acids is 1. The summed E-state index contributed by atoms with van der Waals surface area (Å²) in [5.74, 6) is 1.28. The first-order valence-electron chi connectivity index (χ1n) is 6.30. The Labute approximate surface area is 113 Å². The fourth-order valence-corrected chi connectivity index (χ4v) is 5.27. The van der Waals surface area contributed by atoms with Crippen LogP contribution in [-0.2, 0) is 14.6 Å². The average Bonchev–Trinajstić information content (AvgIpc) is 2.38. The normalized spacial score (nSPS) is 30.2. The summed E-state index contributed by atoms with van der Waals surface area (Å²) < 4.78 is 23.5. The average molecular weight is 292 g/mol. The van der Waals surface area contributed by atoms with Gasteiger partial charge in [-0.2, -0.15) is 11.8 Å². The van der Waals surface area contributed by atoms with Crippen LogP contribution in [0.25, 0.3) is 0 Å². The quantitative estimate of drug-likeness (QED) is 0.780. The van der Waals surface area contributed by atoms with Gasteiger partial charge in [-0.25, -0.2) is 8.42 Å². The predicted molar refractivity (Wildman–Crippen MR) is 73.3 cm³/mol. The maximum Gasteiger partial charge on any atom is 0.240 e. The summed E-state index contributed by atoms with van der Waals surface area (Å²) in [5, 5.41) is 2.55. The fourth-order valence-electron chi connectivity index (χ4n) is 2.45. The molecule has 0 aliphatic carbocycles. The van der Waals surface area contributed by atoms with Gasteiger partial charge in [0.1, 0.15) is 5.37 Å². The van der Waals surface area contributed by atoms with Crippen molar-refractivity contribution in [3.05, 3.63) is 0 Å². The van der Waals surface area contributed by atoms with Crippen LogP contribution in [0.4, 0.5) is 0 Å². The zero-order chi connectivity index (χ0) is 13.2. The van der Waals surface area contributed by atoms with E-state index in [-0.39, 0.29) is 11.9 Å². The van der Waals surface area contributed by atoms with Gasteiger partial charge in [0.2, 0.25) is 5.91 Å².